The second-order valence-corrected chi connectivity index (χ2v) is 7.84. The van der Waals surface area contributed by atoms with Gasteiger partial charge in [0.15, 0.2) is 0 Å². The number of hydrogen-bond donors (Lipinski definition) is 0. The van der Waals surface area contributed by atoms with Gasteiger partial charge in [0.25, 0.3) is 0 Å². The van der Waals surface area contributed by atoms with Crippen LogP contribution in [0.4, 0.5) is 0 Å². The first-order valence-corrected chi connectivity index (χ1v) is 9.83. The van der Waals surface area contributed by atoms with Crippen molar-refractivity contribution in [2.24, 2.45) is 0 Å². The smallest absolute Gasteiger partial charge is 0.345 e. The SMILES string of the molecule is Cc1ccc(OC(=O)c2ccccc2Cl)c(/C=C2\Sc3ccccc3C2=O)c1. The number of thioether (sulfide) groups is 1. The molecule has 1 aliphatic heterocycles. The van der Waals surface area contributed by atoms with Gasteiger partial charge in [-0.2, -0.15) is 0 Å². The second kappa shape index (κ2) is 7.66. The van der Waals surface area contributed by atoms with E-state index in [1.807, 2.05) is 43.3 Å². The van der Waals surface area contributed by atoms with Crippen molar-refractivity contribution in [2.75, 3.05) is 0 Å². The molecule has 0 unspecified atom stereocenters. The highest BCUT2D eigenvalue weighted by molar-refractivity contribution is 8.04. The third-order valence-corrected chi connectivity index (χ3v) is 5.75. The number of carbonyl (C=O) groups excluding carboxylic acids is 2. The summed E-state index contributed by atoms with van der Waals surface area (Å²) in [5.41, 5.74) is 2.66. The summed E-state index contributed by atoms with van der Waals surface area (Å²) in [5.74, 6) is -0.180. The van der Waals surface area contributed by atoms with Crippen molar-refractivity contribution in [3.8, 4) is 5.75 Å². The Bertz CT molecular complexity index is 1130. The van der Waals surface area contributed by atoms with Gasteiger partial charge in [-0.3, -0.25) is 4.79 Å². The van der Waals surface area contributed by atoms with Crippen molar-refractivity contribution in [3.05, 3.63) is 98.9 Å². The maximum absolute atomic E-state index is 12.7. The topological polar surface area (TPSA) is 43.4 Å². The van der Waals surface area contributed by atoms with Crippen LogP contribution in [0.15, 0.2) is 76.5 Å². The molecule has 0 radical (unpaired) electrons. The maximum Gasteiger partial charge on any atom is 0.345 e. The van der Waals surface area contributed by atoms with Crippen LogP contribution < -0.4 is 4.74 Å². The van der Waals surface area contributed by atoms with Gasteiger partial charge in [0.05, 0.1) is 15.5 Å². The monoisotopic (exact) mass is 406 g/mol. The molecule has 28 heavy (non-hydrogen) atoms. The summed E-state index contributed by atoms with van der Waals surface area (Å²) in [7, 11) is 0. The fourth-order valence-electron chi connectivity index (χ4n) is 2.93. The minimum Gasteiger partial charge on any atom is -0.422 e. The van der Waals surface area contributed by atoms with Crippen molar-refractivity contribution < 1.29 is 14.3 Å². The van der Waals surface area contributed by atoms with Gasteiger partial charge in [-0.25, -0.2) is 4.79 Å². The molecule has 0 saturated heterocycles. The quantitative estimate of drug-likeness (QED) is 0.295. The summed E-state index contributed by atoms with van der Waals surface area (Å²) in [5, 5.41) is 0.330. The highest BCUT2D eigenvalue weighted by atomic mass is 35.5. The van der Waals surface area contributed by atoms with Crippen LogP contribution in [0.1, 0.15) is 31.8 Å². The molecule has 4 rings (SSSR count). The number of hydrogen-bond acceptors (Lipinski definition) is 4. The predicted molar refractivity (Wildman–Crippen MR) is 112 cm³/mol. The van der Waals surface area contributed by atoms with Crippen molar-refractivity contribution in [1.82, 2.24) is 0 Å². The van der Waals surface area contributed by atoms with E-state index in [9.17, 15) is 9.59 Å². The van der Waals surface area contributed by atoms with Crippen LogP contribution in [0.5, 0.6) is 5.75 Å². The Balaban J connectivity index is 1.68. The Kier molecular flexibility index (Phi) is 5.07. The molecular weight excluding hydrogens is 392 g/mol. The Morgan fingerprint density at radius 3 is 2.57 bits per heavy atom. The van der Waals surface area contributed by atoms with E-state index >= 15 is 0 Å². The molecule has 0 aromatic heterocycles. The zero-order valence-electron chi connectivity index (χ0n) is 14.9. The van der Waals surface area contributed by atoms with E-state index in [-0.39, 0.29) is 5.78 Å². The van der Waals surface area contributed by atoms with E-state index in [1.165, 1.54) is 11.8 Å². The van der Waals surface area contributed by atoms with Crippen molar-refractivity contribution in [3.63, 3.8) is 0 Å². The van der Waals surface area contributed by atoms with Crippen LogP contribution in [-0.2, 0) is 0 Å². The molecule has 0 fully saturated rings. The van der Waals surface area contributed by atoms with Gasteiger partial charge >= 0.3 is 5.97 Å². The van der Waals surface area contributed by atoms with Crippen molar-refractivity contribution >= 4 is 41.2 Å². The molecular formula is C23H15ClO3S. The van der Waals surface area contributed by atoms with E-state index in [0.717, 1.165) is 10.5 Å². The van der Waals surface area contributed by atoms with Crippen LogP contribution >= 0.6 is 23.4 Å². The van der Waals surface area contributed by atoms with Gasteiger partial charge in [-0.15, -0.1) is 0 Å². The molecule has 5 heteroatoms. The van der Waals surface area contributed by atoms with Crippen LogP contribution in [-0.4, -0.2) is 11.8 Å². The first kappa shape index (κ1) is 18.5. The van der Waals surface area contributed by atoms with Gasteiger partial charge in [0.1, 0.15) is 5.75 Å². The zero-order chi connectivity index (χ0) is 19.7. The van der Waals surface area contributed by atoms with E-state index in [1.54, 1.807) is 36.4 Å². The summed E-state index contributed by atoms with van der Waals surface area (Å²) >= 11 is 7.52. The number of benzene rings is 3. The van der Waals surface area contributed by atoms with Crippen LogP contribution in [0.25, 0.3) is 6.08 Å². The summed E-state index contributed by atoms with van der Waals surface area (Å²) in [6.07, 6.45) is 1.77. The average Bonchev–Trinajstić information content (AvgIpc) is 3.00. The van der Waals surface area contributed by atoms with Crippen LogP contribution in [0.3, 0.4) is 0 Å². The molecule has 0 amide bonds. The number of aryl methyl sites for hydroxylation is 1. The Labute approximate surface area is 172 Å². The summed E-state index contributed by atoms with van der Waals surface area (Å²) < 4.78 is 5.60. The third kappa shape index (κ3) is 3.61. The number of carbonyl (C=O) groups is 2. The van der Waals surface area contributed by atoms with E-state index in [0.29, 0.717) is 32.4 Å². The number of rotatable bonds is 3. The molecule has 0 saturated carbocycles. The van der Waals surface area contributed by atoms with E-state index in [4.69, 9.17) is 16.3 Å². The number of Topliss-reactive ketones (excluding diaryl/α,β-unsaturated/α-hetero) is 1. The summed E-state index contributed by atoms with van der Waals surface area (Å²) in [6.45, 7) is 1.94. The average molecular weight is 407 g/mol. The van der Waals surface area contributed by atoms with Crippen LogP contribution in [0.2, 0.25) is 5.02 Å². The standard InChI is InChI=1S/C23H15ClO3S/c1-14-10-11-19(27-23(26)16-6-2-4-8-18(16)24)15(12-14)13-21-22(25)17-7-3-5-9-20(17)28-21/h2-13H,1H3/b21-13-. The number of allylic oxidation sites excluding steroid dienone is 1. The predicted octanol–water partition coefficient (Wildman–Crippen LogP) is 6.20. The Morgan fingerprint density at radius 1 is 1.04 bits per heavy atom. The van der Waals surface area contributed by atoms with E-state index in [2.05, 4.69) is 0 Å². The minimum absolute atomic E-state index is 0.0227. The molecule has 3 aromatic carbocycles. The van der Waals surface area contributed by atoms with Crippen LogP contribution in [0, 0.1) is 6.92 Å². The lowest BCUT2D eigenvalue weighted by atomic mass is 10.1. The van der Waals surface area contributed by atoms with Crippen molar-refractivity contribution in [2.45, 2.75) is 11.8 Å². The lowest BCUT2D eigenvalue weighted by molar-refractivity contribution is 0.0734. The van der Waals surface area contributed by atoms with Gasteiger partial charge in [-0.1, -0.05) is 59.3 Å². The largest absolute Gasteiger partial charge is 0.422 e. The molecule has 3 nitrogen and oxygen atoms in total. The number of halogens is 1. The maximum atomic E-state index is 12.7. The second-order valence-electron chi connectivity index (χ2n) is 6.35. The van der Waals surface area contributed by atoms with E-state index < -0.39 is 5.97 Å². The number of ether oxygens (including phenoxy) is 1. The zero-order valence-corrected chi connectivity index (χ0v) is 16.5. The minimum atomic E-state index is -0.539. The Hall–Kier alpha value is -2.82. The van der Waals surface area contributed by atoms with Gasteiger partial charge < -0.3 is 4.74 Å². The fraction of sp³-hybridized carbons (Fsp3) is 0.0435. The van der Waals surface area contributed by atoms with Crippen molar-refractivity contribution in [1.29, 1.82) is 0 Å². The number of esters is 1. The lowest BCUT2D eigenvalue weighted by Gasteiger charge is -2.10. The highest BCUT2D eigenvalue weighted by Crippen LogP contribution is 2.41. The fourth-order valence-corrected chi connectivity index (χ4v) is 4.19. The highest BCUT2D eigenvalue weighted by Gasteiger charge is 2.25. The molecule has 3 aromatic rings. The Morgan fingerprint density at radius 2 is 1.79 bits per heavy atom. The normalized spacial score (nSPS) is 14.2. The molecule has 0 N–H and O–H groups in total. The number of fused-ring (bicyclic) bond motifs is 1. The van der Waals surface area contributed by atoms with Gasteiger partial charge in [0.2, 0.25) is 5.78 Å². The first-order valence-electron chi connectivity index (χ1n) is 8.63. The first-order chi connectivity index (χ1) is 13.5. The summed E-state index contributed by atoms with van der Waals surface area (Å²) in [6, 6.07) is 19.7. The molecule has 0 bridgehead atoms. The van der Waals surface area contributed by atoms with Gasteiger partial charge in [-0.05, 0) is 49.4 Å². The molecule has 1 aliphatic rings. The number of ketones is 1. The molecule has 0 atom stereocenters. The molecule has 138 valence electrons. The summed E-state index contributed by atoms with van der Waals surface area (Å²) in [4.78, 5) is 26.8. The lowest BCUT2D eigenvalue weighted by Crippen LogP contribution is -2.10. The molecule has 1 heterocycles. The third-order valence-electron chi connectivity index (χ3n) is 4.32. The van der Waals surface area contributed by atoms with Gasteiger partial charge in [0, 0.05) is 16.0 Å². The molecule has 0 aliphatic carbocycles. The molecule has 0 spiro atoms.